The lowest BCUT2D eigenvalue weighted by Crippen LogP contribution is -2.43. The lowest BCUT2D eigenvalue weighted by Gasteiger charge is -2.30. The second-order valence-corrected chi connectivity index (χ2v) is 6.03. The molecular weight excluding hydrogens is 311 g/mol. The van der Waals surface area contributed by atoms with Gasteiger partial charge in [0.25, 0.3) is 0 Å². The minimum atomic E-state index is -0.256. The molecule has 1 saturated heterocycles. The molecule has 1 aliphatic heterocycles. The van der Waals surface area contributed by atoms with E-state index in [0.717, 1.165) is 31.5 Å². The number of benzene rings is 1. The van der Waals surface area contributed by atoms with Crippen LogP contribution in [-0.4, -0.2) is 49.6 Å². The third kappa shape index (κ3) is 5.92. The molecule has 1 amide bonds. The molecule has 5 nitrogen and oxygen atoms in total. The molecule has 0 bridgehead atoms. The first-order valence-corrected chi connectivity index (χ1v) is 8.48. The summed E-state index contributed by atoms with van der Waals surface area (Å²) in [5.41, 5.74) is 0.993. The Balaban J connectivity index is 1.63. The van der Waals surface area contributed by atoms with Crippen LogP contribution in [0.2, 0.25) is 0 Å². The number of esters is 1. The standard InChI is InChI=1S/C18H25FN2O3/c1-2-24-18(23)15-8-11-21(12-9-15)13-17(22)20-10-7-14-3-5-16(19)6-4-14/h3-6,15H,2,7-13H2,1H3,(H,20,22). The molecule has 0 spiro atoms. The lowest BCUT2D eigenvalue weighted by atomic mass is 9.97. The van der Waals surface area contributed by atoms with Gasteiger partial charge in [-0.05, 0) is 57.0 Å². The molecule has 24 heavy (non-hydrogen) atoms. The van der Waals surface area contributed by atoms with Crippen molar-refractivity contribution in [2.45, 2.75) is 26.2 Å². The molecule has 0 radical (unpaired) electrons. The summed E-state index contributed by atoms with van der Waals surface area (Å²) >= 11 is 0. The van der Waals surface area contributed by atoms with Gasteiger partial charge in [0.05, 0.1) is 19.1 Å². The minimum absolute atomic E-state index is 0.0216. The van der Waals surface area contributed by atoms with Crippen molar-refractivity contribution in [3.63, 3.8) is 0 Å². The second kappa shape index (κ2) is 9.37. The van der Waals surface area contributed by atoms with Gasteiger partial charge < -0.3 is 10.1 Å². The molecule has 0 atom stereocenters. The van der Waals surface area contributed by atoms with E-state index in [1.807, 2.05) is 6.92 Å². The van der Waals surface area contributed by atoms with Gasteiger partial charge in [-0.3, -0.25) is 14.5 Å². The number of carbonyl (C=O) groups excluding carboxylic acids is 2. The second-order valence-electron chi connectivity index (χ2n) is 6.03. The van der Waals surface area contributed by atoms with Crippen molar-refractivity contribution < 1.29 is 18.7 Å². The van der Waals surface area contributed by atoms with E-state index in [-0.39, 0.29) is 23.6 Å². The van der Waals surface area contributed by atoms with Crippen LogP contribution in [0, 0.1) is 11.7 Å². The largest absolute Gasteiger partial charge is 0.466 e. The van der Waals surface area contributed by atoms with Crippen LogP contribution >= 0.6 is 0 Å². The maximum atomic E-state index is 12.8. The van der Waals surface area contributed by atoms with E-state index in [2.05, 4.69) is 10.2 Å². The van der Waals surface area contributed by atoms with Gasteiger partial charge in [-0.25, -0.2) is 4.39 Å². The van der Waals surface area contributed by atoms with Crippen molar-refractivity contribution in [3.05, 3.63) is 35.6 Å². The first-order chi connectivity index (χ1) is 11.6. The predicted octanol–water partition coefficient (Wildman–Crippen LogP) is 1.76. The molecule has 132 valence electrons. The number of amides is 1. The zero-order valence-electron chi connectivity index (χ0n) is 14.1. The summed E-state index contributed by atoms with van der Waals surface area (Å²) in [6.07, 6.45) is 2.15. The average Bonchev–Trinajstić information content (AvgIpc) is 2.57. The van der Waals surface area contributed by atoms with Crippen LogP contribution < -0.4 is 5.32 Å². The maximum Gasteiger partial charge on any atom is 0.309 e. The lowest BCUT2D eigenvalue weighted by molar-refractivity contribution is -0.149. The third-order valence-electron chi connectivity index (χ3n) is 4.22. The Labute approximate surface area is 142 Å². The number of hydrogen-bond donors (Lipinski definition) is 1. The molecular formula is C18H25FN2O3. The summed E-state index contributed by atoms with van der Waals surface area (Å²) in [6.45, 7) is 4.56. The number of hydrogen-bond acceptors (Lipinski definition) is 4. The number of nitrogens with zero attached hydrogens (tertiary/aromatic N) is 1. The molecule has 0 unspecified atom stereocenters. The van der Waals surface area contributed by atoms with Crippen molar-refractivity contribution in [1.29, 1.82) is 0 Å². The van der Waals surface area contributed by atoms with Crippen LogP contribution in [0.25, 0.3) is 0 Å². The van der Waals surface area contributed by atoms with E-state index in [4.69, 9.17) is 4.74 Å². The Morgan fingerprint density at radius 1 is 1.25 bits per heavy atom. The Hall–Kier alpha value is -1.95. The van der Waals surface area contributed by atoms with Crippen molar-refractivity contribution in [3.8, 4) is 0 Å². The summed E-state index contributed by atoms with van der Waals surface area (Å²) < 4.78 is 17.9. The SMILES string of the molecule is CCOC(=O)C1CCN(CC(=O)NCCc2ccc(F)cc2)CC1. The highest BCUT2D eigenvalue weighted by molar-refractivity contribution is 5.78. The number of rotatable bonds is 7. The maximum absolute atomic E-state index is 12.8. The average molecular weight is 336 g/mol. The number of halogens is 1. The van der Waals surface area contributed by atoms with Gasteiger partial charge in [-0.2, -0.15) is 0 Å². The highest BCUT2D eigenvalue weighted by Gasteiger charge is 2.26. The Morgan fingerprint density at radius 2 is 1.92 bits per heavy atom. The topological polar surface area (TPSA) is 58.6 Å². The molecule has 1 aromatic rings. The number of likely N-dealkylation sites (tertiary alicyclic amines) is 1. The summed E-state index contributed by atoms with van der Waals surface area (Å²) in [6, 6.07) is 6.29. The number of piperidine rings is 1. The van der Waals surface area contributed by atoms with Gasteiger partial charge in [0.1, 0.15) is 5.82 Å². The smallest absolute Gasteiger partial charge is 0.309 e. The van der Waals surface area contributed by atoms with Crippen LogP contribution in [0.1, 0.15) is 25.3 Å². The van der Waals surface area contributed by atoms with Crippen molar-refractivity contribution >= 4 is 11.9 Å². The van der Waals surface area contributed by atoms with Gasteiger partial charge >= 0.3 is 5.97 Å². The Bertz CT molecular complexity index is 540. The molecule has 1 heterocycles. The molecule has 0 aromatic heterocycles. The van der Waals surface area contributed by atoms with Crippen LogP contribution in [-0.2, 0) is 20.7 Å². The van der Waals surface area contributed by atoms with Crippen molar-refractivity contribution in [1.82, 2.24) is 10.2 Å². The molecule has 2 rings (SSSR count). The van der Waals surface area contributed by atoms with Crippen LogP contribution in [0.4, 0.5) is 4.39 Å². The normalized spacial score (nSPS) is 15.9. The Kier molecular flexibility index (Phi) is 7.18. The van der Waals surface area contributed by atoms with Gasteiger partial charge in [-0.15, -0.1) is 0 Å². The van der Waals surface area contributed by atoms with Gasteiger partial charge in [0.2, 0.25) is 5.91 Å². The quantitative estimate of drug-likeness (QED) is 0.771. The van der Waals surface area contributed by atoms with Gasteiger partial charge in [-0.1, -0.05) is 12.1 Å². The molecule has 1 aromatic carbocycles. The molecule has 1 N–H and O–H groups in total. The zero-order chi connectivity index (χ0) is 17.4. The molecule has 6 heteroatoms. The fourth-order valence-electron chi connectivity index (χ4n) is 2.84. The van der Waals surface area contributed by atoms with Crippen LogP contribution in [0.3, 0.4) is 0 Å². The summed E-state index contributed by atoms with van der Waals surface area (Å²) in [7, 11) is 0. The fraction of sp³-hybridized carbons (Fsp3) is 0.556. The van der Waals surface area contributed by atoms with E-state index >= 15 is 0 Å². The number of ether oxygens (including phenoxy) is 1. The van der Waals surface area contributed by atoms with E-state index in [0.29, 0.717) is 26.1 Å². The zero-order valence-corrected chi connectivity index (χ0v) is 14.1. The highest BCUT2D eigenvalue weighted by atomic mass is 19.1. The van der Waals surface area contributed by atoms with Crippen LogP contribution in [0.5, 0.6) is 0 Å². The molecule has 1 fully saturated rings. The first kappa shape index (κ1) is 18.4. The van der Waals surface area contributed by atoms with Gasteiger partial charge in [0, 0.05) is 6.54 Å². The Morgan fingerprint density at radius 3 is 2.54 bits per heavy atom. The summed E-state index contributed by atoms with van der Waals surface area (Å²) in [5.74, 6) is -0.440. The van der Waals surface area contributed by atoms with E-state index in [1.54, 1.807) is 12.1 Å². The van der Waals surface area contributed by atoms with Crippen molar-refractivity contribution in [2.24, 2.45) is 5.92 Å². The van der Waals surface area contributed by atoms with E-state index in [1.165, 1.54) is 12.1 Å². The minimum Gasteiger partial charge on any atom is -0.466 e. The number of carbonyl (C=O) groups is 2. The predicted molar refractivity (Wildman–Crippen MR) is 88.9 cm³/mol. The molecule has 1 aliphatic rings. The summed E-state index contributed by atoms with van der Waals surface area (Å²) in [4.78, 5) is 25.7. The fourth-order valence-corrected chi connectivity index (χ4v) is 2.84. The van der Waals surface area contributed by atoms with Crippen molar-refractivity contribution in [2.75, 3.05) is 32.8 Å². The number of nitrogens with one attached hydrogen (secondary N) is 1. The molecule has 0 aliphatic carbocycles. The van der Waals surface area contributed by atoms with Gasteiger partial charge in [0.15, 0.2) is 0 Å². The first-order valence-electron chi connectivity index (χ1n) is 8.48. The van der Waals surface area contributed by atoms with E-state index < -0.39 is 0 Å². The molecule has 0 saturated carbocycles. The highest BCUT2D eigenvalue weighted by Crippen LogP contribution is 2.18. The monoisotopic (exact) mass is 336 g/mol. The van der Waals surface area contributed by atoms with E-state index in [9.17, 15) is 14.0 Å². The van der Waals surface area contributed by atoms with Crippen LogP contribution in [0.15, 0.2) is 24.3 Å². The third-order valence-corrected chi connectivity index (χ3v) is 4.22. The summed E-state index contributed by atoms with van der Waals surface area (Å²) in [5, 5.41) is 2.88.